The molecule has 9 heteroatoms. The Balaban J connectivity index is 1.50. The van der Waals surface area contributed by atoms with Gasteiger partial charge in [-0.3, -0.25) is 0 Å². The zero-order valence-electron chi connectivity index (χ0n) is 21.5. The summed E-state index contributed by atoms with van der Waals surface area (Å²) in [7, 11) is 0. The van der Waals surface area contributed by atoms with Crippen molar-refractivity contribution in [3.05, 3.63) is 148 Å². The van der Waals surface area contributed by atoms with Crippen LogP contribution in [0.1, 0.15) is 39.8 Å². The van der Waals surface area contributed by atoms with Gasteiger partial charge >= 0.3 is 6.11 Å². The van der Waals surface area contributed by atoms with Crippen LogP contribution in [0.3, 0.4) is 0 Å². The largest absolute Gasteiger partial charge is 0.429 e. The number of ether oxygens (including phenoxy) is 1. The molecule has 4 rings (SSSR count). The lowest BCUT2D eigenvalue weighted by Gasteiger charge is -2.19. The van der Waals surface area contributed by atoms with Crippen molar-refractivity contribution >= 4 is 0 Å². The first-order valence-corrected chi connectivity index (χ1v) is 12.2. The first-order chi connectivity index (χ1) is 20.0. The van der Waals surface area contributed by atoms with E-state index in [4.69, 9.17) is 0 Å². The first kappa shape index (κ1) is 30.0. The third kappa shape index (κ3) is 7.18. The third-order valence-electron chi connectivity index (χ3n) is 5.80. The summed E-state index contributed by atoms with van der Waals surface area (Å²) in [5.74, 6) is -0.611. The fourth-order valence-electron chi connectivity index (χ4n) is 3.69. The number of hydrogen-bond donors (Lipinski definition) is 0. The van der Waals surface area contributed by atoms with E-state index in [2.05, 4.69) is 29.1 Å². The Labute approximate surface area is 236 Å². The summed E-state index contributed by atoms with van der Waals surface area (Å²) in [5.41, 5.74) is -0.758. The van der Waals surface area contributed by atoms with Gasteiger partial charge in [0.15, 0.2) is 17.5 Å². The van der Waals surface area contributed by atoms with Gasteiger partial charge in [-0.05, 0) is 60.9 Å². The number of alkyl halides is 2. The zero-order chi connectivity index (χ0) is 30.4. The van der Waals surface area contributed by atoms with Crippen LogP contribution >= 0.6 is 0 Å². The molecule has 0 spiro atoms. The Morgan fingerprint density at radius 3 is 1.79 bits per heavy atom. The Hall–Kier alpha value is -5.02. The lowest BCUT2D eigenvalue weighted by molar-refractivity contribution is -0.187. The smallest absolute Gasteiger partial charge is 0.429 e. The topological polar surface area (TPSA) is 9.23 Å². The van der Waals surface area contributed by atoms with E-state index in [1.54, 1.807) is 18.2 Å². The highest BCUT2D eigenvalue weighted by Gasteiger charge is 2.38. The van der Waals surface area contributed by atoms with Crippen LogP contribution < -0.4 is 4.74 Å². The predicted octanol–water partition coefficient (Wildman–Crippen LogP) is 8.57. The number of aryl methyl sites for hydroxylation is 1. The maximum atomic E-state index is 14.8. The number of rotatable bonds is 6. The molecular formula is C33H18F8O. The number of halogens is 8. The molecule has 42 heavy (non-hydrogen) atoms. The molecule has 0 aliphatic heterocycles. The summed E-state index contributed by atoms with van der Waals surface area (Å²) in [6, 6.07) is 11.8. The van der Waals surface area contributed by atoms with E-state index in [1.807, 2.05) is 18.1 Å². The molecule has 0 aliphatic rings. The molecule has 0 radical (unpaired) electrons. The average molecular weight is 582 g/mol. The minimum Gasteiger partial charge on any atom is -0.429 e. The molecule has 0 amide bonds. The van der Waals surface area contributed by atoms with Gasteiger partial charge in [-0.1, -0.05) is 41.9 Å². The molecule has 0 saturated heterocycles. The number of hydrogen-bond acceptors (Lipinski definition) is 1. The SMILES string of the molecule is C=CCCc1ccc(C#Cc2ccc(C(F)(F)Oc3cc(F)c(C#Cc4cc(F)c(F)c(F)c4)c(F)c3)c(F)c2)cc1. The second kappa shape index (κ2) is 12.7. The van der Waals surface area contributed by atoms with Crippen LogP contribution in [0.25, 0.3) is 0 Å². The van der Waals surface area contributed by atoms with Gasteiger partial charge in [0.2, 0.25) is 0 Å². The van der Waals surface area contributed by atoms with Crippen molar-refractivity contribution in [2.75, 3.05) is 0 Å². The standard InChI is InChI=1S/C33H18F8O/c1-2-3-4-20-5-7-21(8-6-20)9-10-22-12-14-26(29(36)15-22)33(40,41)42-24-18-27(34)25(28(35)19-24)13-11-23-16-30(37)32(39)31(38)17-23/h2,5-8,12,14-19H,1,3-4H2. The van der Waals surface area contributed by atoms with Crippen molar-refractivity contribution in [3.8, 4) is 29.4 Å². The minimum absolute atomic E-state index is 0.101. The van der Waals surface area contributed by atoms with Crippen LogP contribution in [0.2, 0.25) is 0 Å². The van der Waals surface area contributed by atoms with Gasteiger partial charge in [-0.15, -0.1) is 6.58 Å². The van der Waals surface area contributed by atoms with E-state index in [-0.39, 0.29) is 5.56 Å². The van der Waals surface area contributed by atoms with Gasteiger partial charge in [0.05, 0.1) is 5.56 Å². The lowest BCUT2D eigenvalue weighted by atomic mass is 10.1. The van der Waals surface area contributed by atoms with Crippen LogP contribution in [-0.2, 0) is 12.5 Å². The van der Waals surface area contributed by atoms with E-state index in [9.17, 15) is 35.1 Å². The quantitative estimate of drug-likeness (QED) is 0.0958. The molecule has 0 unspecified atom stereocenters. The van der Waals surface area contributed by atoms with Crippen molar-refractivity contribution < 1.29 is 39.9 Å². The highest BCUT2D eigenvalue weighted by molar-refractivity contribution is 5.47. The molecule has 0 aliphatic carbocycles. The Bertz CT molecular complexity index is 1720. The minimum atomic E-state index is -4.34. The fourth-order valence-corrected chi connectivity index (χ4v) is 3.69. The molecule has 212 valence electrons. The number of benzene rings is 4. The molecule has 0 fully saturated rings. The molecule has 4 aromatic carbocycles. The van der Waals surface area contributed by atoms with Crippen molar-refractivity contribution in [2.24, 2.45) is 0 Å². The Morgan fingerprint density at radius 1 is 0.643 bits per heavy atom. The molecule has 0 heterocycles. The number of allylic oxidation sites excluding steroid dienone is 1. The van der Waals surface area contributed by atoms with Crippen LogP contribution in [0.15, 0.2) is 79.4 Å². The van der Waals surface area contributed by atoms with Gasteiger partial charge in [-0.25, -0.2) is 26.3 Å². The highest BCUT2D eigenvalue weighted by Crippen LogP contribution is 2.34. The molecule has 0 bridgehead atoms. The van der Waals surface area contributed by atoms with Crippen molar-refractivity contribution in [3.63, 3.8) is 0 Å². The second-order valence-electron chi connectivity index (χ2n) is 8.85. The van der Waals surface area contributed by atoms with Crippen molar-refractivity contribution in [1.29, 1.82) is 0 Å². The monoisotopic (exact) mass is 582 g/mol. The van der Waals surface area contributed by atoms with Crippen LogP contribution in [-0.4, -0.2) is 0 Å². The summed E-state index contributed by atoms with van der Waals surface area (Å²) in [6.45, 7) is 3.67. The average Bonchev–Trinajstić information content (AvgIpc) is 2.93. The fraction of sp³-hybridized carbons (Fsp3) is 0.0909. The van der Waals surface area contributed by atoms with E-state index >= 15 is 0 Å². The second-order valence-corrected chi connectivity index (χ2v) is 8.85. The summed E-state index contributed by atoms with van der Waals surface area (Å²) >= 11 is 0. The summed E-state index contributed by atoms with van der Waals surface area (Å²) in [5, 5.41) is 0. The molecule has 0 aromatic heterocycles. The molecule has 1 nitrogen and oxygen atoms in total. The van der Waals surface area contributed by atoms with Gasteiger partial charge in [0.25, 0.3) is 0 Å². The first-order valence-electron chi connectivity index (χ1n) is 12.2. The van der Waals surface area contributed by atoms with Crippen LogP contribution in [0, 0.1) is 58.6 Å². The normalized spacial score (nSPS) is 10.8. The molecule has 0 atom stereocenters. The predicted molar refractivity (Wildman–Crippen MR) is 141 cm³/mol. The highest BCUT2D eigenvalue weighted by atomic mass is 19.3. The van der Waals surface area contributed by atoms with E-state index in [1.165, 1.54) is 0 Å². The zero-order valence-corrected chi connectivity index (χ0v) is 21.5. The van der Waals surface area contributed by atoms with Crippen LogP contribution in [0.4, 0.5) is 35.1 Å². The van der Waals surface area contributed by atoms with Gasteiger partial charge < -0.3 is 4.74 Å². The molecule has 0 saturated carbocycles. The van der Waals surface area contributed by atoms with E-state index in [0.717, 1.165) is 36.6 Å². The van der Waals surface area contributed by atoms with Crippen molar-refractivity contribution in [1.82, 2.24) is 0 Å². The molecular weight excluding hydrogens is 564 g/mol. The van der Waals surface area contributed by atoms with Crippen LogP contribution in [0.5, 0.6) is 5.75 Å². The Kier molecular flexibility index (Phi) is 9.02. The summed E-state index contributed by atoms with van der Waals surface area (Å²) in [4.78, 5) is 0. The third-order valence-corrected chi connectivity index (χ3v) is 5.80. The molecule has 0 N–H and O–H groups in total. The maximum absolute atomic E-state index is 14.8. The molecule has 4 aromatic rings. The Morgan fingerprint density at radius 2 is 1.19 bits per heavy atom. The lowest BCUT2D eigenvalue weighted by Crippen LogP contribution is -2.23. The van der Waals surface area contributed by atoms with E-state index in [0.29, 0.717) is 29.8 Å². The maximum Gasteiger partial charge on any atom is 0.429 e. The van der Waals surface area contributed by atoms with Gasteiger partial charge in [0.1, 0.15) is 28.8 Å². The van der Waals surface area contributed by atoms with Gasteiger partial charge in [-0.2, -0.15) is 8.78 Å². The summed E-state index contributed by atoms with van der Waals surface area (Å²) < 4.78 is 117. The summed E-state index contributed by atoms with van der Waals surface area (Å²) in [6.07, 6.45) is -0.899. The van der Waals surface area contributed by atoms with E-state index < -0.39 is 63.5 Å². The van der Waals surface area contributed by atoms with Crippen molar-refractivity contribution in [2.45, 2.75) is 19.0 Å². The van der Waals surface area contributed by atoms with Gasteiger partial charge in [0, 0.05) is 28.8 Å².